The highest BCUT2D eigenvalue weighted by Crippen LogP contribution is 2.29. The lowest BCUT2D eigenvalue weighted by atomic mass is 10.1. The van der Waals surface area contributed by atoms with Crippen molar-refractivity contribution in [2.75, 3.05) is 5.32 Å². The summed E-state index contributed by atoms with van der Waals surface area (Å²) in [6.45, 7) is 1.95. The van der Waals surface area contributed by atoms with Gasteiger partial charge in [-0.1, -0.05) is 29.3 Å². The quantitative estimate of drug-likeness (QED) is 0.698. The van der Waals surface area contributed by atoms with Gasteiger partial charge in [0.15, 0.2) is 0 Å². The van der Waals surface area contributed by atoms with Crippen molar-refractivity contribution in [2.24, 2.45) is 0 Å². The summed E-state index contributed by atoms with van der Waals surface area (Å²) in [6.07, 6.45) is 0. The molecule has 0 aliphatic heterocycles. The van der Waals surface area contributed by atoms with E-state index in [-0.39, 0.29) is 11.9 Å². The molecule has 0 spiro atoms. The Morgan fingerprint density at radius 3 is 2.53 bits per heavy atom. The molecule has 0 aliphatic rings. The molecule has 0 radical (unpaired) electrons. The molecule has 5 heteroatoms. The zero-order valence-electron chi connectivity index (χ0n) is 10.1. The third-order valence-corrected chi connectivity index (χ3v) is 3.94. The van der Waals surface area contributed by atoms with Crippen molar-refractivity contribution in [2.45, 2.75) is 13.0 Å². The molecule has 0 amide bonds. The second-order valence-electron chi connectivity index (χ2n) is 4.16. The van der Waals surface area contributed by atoms with E-state index in [2.05, 4.69) is 21.2 Å². The SMILES string of the molecule is CC(Nc1ccc(Br)c(F)c1)c1ccc(Cl)cc1Cl. The largest absolute Gasteiger partial charge is 0.378 e. The molecule has 0 fully saturated rings. The second-order valence-corrected chi connectivity index (χ2v) is 5.86. The van der Waals surface area contributed by atoms with Gasteiger partial charge in [-0.3, -0.25) is 0 Å². The molecule has 2 aromatic rings. The first-order valence-electron chi connectivity index (χ1n) is 5.64. The van der Waals surface area contributed by atoms with Crippen molar-refractivity contribution in [3.8, 4) is 0 Å². The Labute approximate surface area is 129 Å². The lowest BCUT2D eigenvalue weighted by Crippen LogP contribution is -2.07. The first kappa shape index (κ1) is 14.6. The maximum Gasteiger partial charge on any atom is 0.139 e. The van der Waals surface area contributed by atoms with Crippen molar-refractivity contribution >= 4 is 44.8 Å². The summed E-state index contributed by atoms with van der Waals surface area (Å²) < 4.78 is 13.9. The smallest absolute Gasteiger partial charge is 0.139 e. The summed E-state index contributed by atoms with van der Waals surface area (Å²) in [5.74, 6) is -0.306. The predicted molar refractivity (Wildman–Crippen MR) is 82.6 cm³/mol. The highest BCUT2D eigenvalue weighted by Gasteiger charge is 2.10. The van der Waals surface area contributed by atoms with Gasteiger partial charge in [0, 0.05) is 21.8 Å². The van der Waals surface area contributed by atoms with Crippen LogP contribution in [0, 0.1) is 5.82 Å². The van der Waals surface area contributed by atoms with Crippen LogP contribution < -0.4 is 5.32 Å². The molecule has 1 unspecified atom stereocenters. The van der Waals surface area contributed by atoms with Gasteiger partial charge in [0.2, 0.25) is 0 Å². The Hall–Kier alpha value is -0.770. The molecule has 2 aromatic carbocycles. The maximum absolute atomic E-state index is 13.4. The first-order valence-corrected chi connectivity index (χ1v) is 7.19. The number of anilines is 1. The zero-order valence-corrected chi connectivity index (χ0v) is 13.2. The van der Waals surface area contributed by atoms with Gasteiger partial charge in [0.25, 0.3) is 0 Å². The number of rotatable bonds is 3. The highest BCUT2D eigenvalue weighted by atomic mass is 79.9. The third-order valence-electron chi connectivity index (χ3n) is 2.73. The molecule has 1 N–H and O–H groups in total. The topological polar surface area (TPSA) is 12.0 Å². The van der Waals surface area contributed by atoms with Crippen LogP contribution in [0.15, 0.2) is 40.9 Å². The van der Waals surface area contributed by atoms with Gasteiger partial charge >= 0.3 is 0 Å². The molecule has 1 nitrogen and oxygen atoms in total. The van der Waals surface area contributed by atoms with E-state index in [9.17, 15) is 4.39 Å². The Morgan fingerprint density at radius 1 is 1.16 bits per heavy atom. The molecule has 0 bridgehead atoms. The average Bonchev–Trinajstić information content (AvgIpc) is 2.33. The van der Waals surface area contributed by atoms with E-state index in [0.717, 1.165) is 5.56 Å². The Bertz CT molecular complexity index is 604. The minimum Gasteiger partial charge on any atom is -0.378 e. The van der Waals surface area contributed by atoms with Crippen LogP contribution in [0.5, 0.6) is 0 Å². The normalized spacial score (nSPS) is 12.3. The van der Waals surface area contributed by atoms with E-state index in [1.807, 2.05) is 13.0 Å². The van der Waals surface area contributed by atoms with E-state index < -0.39 is 0 Å². The van der Waals surface area contributed by atoms with Crippen molar-refractivity contribution in [3.05, 3.63) is 62.3 Å². The molecule has 0 aliphatic carbocycles. The van der Waals surface area contributed by atoms with E-state index >= 15 is 0 Å². The third kappa shape index (κ3) is 3.62. The van der Waals surface area contributed by atoms with Gasteiger partial charge in [-0.25, -0.2) is 4.39 Å². The minimum absolute atomic E-state index is 0.0506. The lowest BCUT2D eigenvalue weighted by Gasteiger charge is -2.17. The van der Waals surface area contributed by atoms with E-state index in [1.54, 1.807) is 24.3 Å². The van der Waals surface area contributed by atoms with Crippen molar-refractivity contribution in [3.63, 3.8) is 0 Å². The number of halogens is 4. The lowest BCUT2D eigenvalue weighted by molar-refractivity contribution is 0.621. The molecule has 19 heavy (non-hydrogen) atoms. The zero-order chi connectivity index (χ0) is 14.0. The van der Waals surface area contributed by atoms with Crippen LogP contribution in [0.3, 0.4) is 0 Å². The fourth-order valence-electron chi connectivity index (χ4n) is 1.77. The molecular formula is C14H11BrCl2FN. The fraction of sp³-hybridized carbons (Fsp3) is 0.143. The Balaban J connectivity index is 2.20. The first-order chi connectivity index (χ1) is 8.97. The van der Waals surface area contributed by atoms with Gasteiger partial charge in [-0.15, -0.1) is 0 Å². The monoisotopic (exact) mass is 361 g/mol. The molecule has 0 saturated carbocycles. The van der Waals surface area contributed by atoms with Crippen molar-refractivity contribution < 1.29 is 4.39 Å². The number of nitrogens with one attached hydrogen (secondary N) is 1. The minimum atomic E-state index is -0.306. The molecule has 1 atom stereocenters. The van der Waals surface area contributed by atoms with Crippen LogP contribution in [0.25, 0.3) is 0 Å². The second kappa shape index (κ2) is 6.12. The molecule has 0 heterocycles. The standard InChI is InChI=1S/C14H11BrCl2FN/c1-8(11-4-2-9(16)6-13(11)17)19-10-3-5-12(15)14(18)7-10/h2-8,19H,1H3. The van der Waals surface area contributed by atoms with Crippen LogP contribution in [-0.2, 0) is 0 Å². The molecule has 2 rings (SSSR count). The highest BCUT2D eigenvalue weighted by molar-refractivity contribution is 9.10. The summed E-state index contributed by atoms with van der Waals surface area (Å²) in [5.41, 5.74) is 1.61. The average molecular weight is 363 g/mol. The van der Waals surface area contributed by atoms with Crippen LogP contribution in [0.1, 0.15) is 18.5 Å². The predicted octanol–water partition coefficient (Wildman–Crippen LogP) is 6.07. The number of hydrogen-bond donors (Lipinski definition) is 1. The maximum atomic E-state index is 13.4. The van der Waals surface area contributed by atoms with Gasteiger partial charge < -0.3 is 5.32 Å². The van der Waals surface area contributed by atoms with Gasteiger partial charge in [-0.05, 0) is 58.7 Å². The van der Waals surface area contributed by atoms with Gasteiger partial charge in [0.05, 0.1) is 4.47 Å². The van der Waals surface area contributed by atoms with Crippen LogP contribution >= 0.6 is 39.1 Å². The van der Waals surface area contributed by atoms with E-state index in [1.165, 1.54) is 6.07 Å². The number of hydrogen-bond acceptors (Lipinski definition) is 1. The van der Waals surface area contributed by atoms with Crippen LogP contribution in [-0.4, -0.2) is 0 Å². The van der Waals surface area contributed by atoms with Gasteiger partial charge in [0.1, 0.15) is 5.82 Å². The number of benzene rings is 2. The van der Waals surface area contributed by atoms with Crippen LogP contribution in [0.4, 0.5) is 10.1 Å². The van der Waals surface area contributed by atoms with Crippen molar-refractivity contribution in [1.82, 2.24) is 0 Å². The molecule has 0 saturated heterocycles. The summed E-state index contributed by atoms with van der Waals surface area (Å²) in [4.78, 5) is 0. The van der Waals surface area contributed by atoms with E-state index in [4.69, 9.17) is 23.2 Å². The summed E-state index contributed by atoms with van der Waals surface area (Å²) in [5, 5.41) is 4.38. The summed E-state index contributed by atoms with van der Waals surface area (Å²) in [6, 6.07) is 10.2. The Kier molecular flexibility index (Phi) is 4.71. The Morgan fingerprint density at radius 2 is 1.89 bits per heavy atom. The van der Waals surface area contributed by atoms with Crippen molar-refractivity contribution in [1.29, 1.82) is 0 Å². The summed E-state index contributed by atoms with van der Waals surface area (Å²) >= 11 is 15.1. The molecule has 0 aromatic heterocycles. The van der Waals surface area contributed by atoms with E-state index in [0.29, 0.717) is 20.2 Å². The molecule has 100 valence electrons. The van der Waals surface area contributed by atoms with Gasteiger partial charge in [-0.2, -0.15) is 0 Å². The summed E-state index contributed by atoms with van der Waals surface area (Å²) in [7, 11) is 0. The fourth-order valence-corrected chi connectivity index (χ4v) is 2.59. The molecular weight excluding hydrogens is 352 g/mol. The van der Waals surface area contributed by atoms with Crippen LogP contribution in [0.2, 0.25) is 10.0 Å².